The van der Waals surface area contributed by atoms with Gasteiger partial charge in [0.25, 0.3) is 0 Å². The van der Waals surface area contributed by atoms with E-state index >= 15 is 0 Å². The molecule has 1 aromatic heterocycles. The number of esters is 1. The third kappa shape index (κ3) is 6.75. The van der Waals surface area contributed by atoms with Crippen LogP contribution in [0, 0.1) is 5.82 Å². The fourth-order valence-corrected chi connectivity index (χ4v) is 5.08. The fourth-order valence-electron chi connectivity index (χ4n) is 4.26. The number of ether oxygens (including phenoxy) is 2. The Bertz CT molecular complexity index is 1260. The maximum atomic E-state index is 14.1. The number of fused-ring (bicyclic) bond motifs is 1. The van der Waals surface area contributed by atoms with Crippen molar-refractivity contribution >= 4 is 23.7 Å². The molecule has 0 radical (unpaired) electrons. The summed E-state index contributed by atoms with van der Waals surface area (Å²) in [6.07, 6.45) is 5.31. The highest BCUT2D eigenvalue weighted by atomic mass is 32.2. The lowest BCUT2D eigenvalue weighted by Gasteiger charge is -2.28. The van der Waals surface area contributed by atoms with Gasteiger partial charge >= 0.3 is 5.97 Å². The lowest BCUT2D eigenvalue weighted by Crippen LogP contribution is -2.29. The Labute approximate surface area is 227 Å². The first kappa shape index (κ1) is 27.7. The zero-order valence-corrected chi connectivity index (χ0v) is 23.0. The average Bonchev–Trinajstić information content (AvgIpc) is 3.33. The van der Waals surface area contributed by atoms with E-state index in [0.717, 1.165) is 30.6 Å². The molecule has 0 bridgehead atoms. The summed E-state index contributed by atoms with van der Waals surface area (Å²) >= 11 is 1.34. The van der Waals surface area contributed by atoms with Crippen molar-refractivity contribution in [1.29, 1.82) is 0 Å². The normalized spacial score (nSPS) is 14.7. The highest BCUT2D eigenvalue weighted by Crippen LogP contribution is 2.37. The van der Waals surface area contributed by atoms with Crippen LogP contribution in [0.2, 0.25) is 0 Å². The van der Waals surface area contributed by atoms with Gasteiger partial charge in [0.2, 0.25) is 11.1 Å². The van der Waals surface area contributed by atoms with E-state index < -0.39 is 6.04 Å². The van der Waals surface area contributed by atoms with Crippen LogP contribution in [0.1, 0.15) is 70.0 Å². The van der Waals surface area contributed by atoms with Crippen LogP contribution in [0.3, 0.4) is 0 Å². The van der Waals surface area contributed by atoms with Gasteiger partial charge in [-0.05, 0) is 49.1 Å². The Balaban J connectivity index is 1.58. The minimum absolute atomic E-state index is 0.258. The van der Waals surface area contributed by atoms with Gasteiger partial charge in [0.1, 0.15) is 17.6 Å². The Morgan fingerprint density at radius 2 is 1.84 bits per heavy atom. The number of thioether (sulfide) groups is 1. The van der Waals surface area contributed by atoms with Crippen molar-refractivity contribution in [1.82, 2.24) is 14.8 Å². The van der Waals surface area contributed by atoms with Gasteiger partial charge < -0.3 is 14.8 Å². The number of carbonyl (C=O) groups is 1. The van der Waals surface area contributed by atoms with Crippen molar-refractivity contribution in [3.05, 3.63) is 76.7 Å². The molecular formula is C29H35FN4O3S. The number of rotatable bonds is 13. The van der Waals surface area contributed by atoms with Crippen LogP contribution in [0.15, 0.2) is 65.0 Å². The molecule has 38 heavy (non-hydrogen) atoms. The van der Waals surface area contributed by atoms with E-state index in [0.29, 0.717) is 46.9 Å². The molecule has 1 aliphatic heterocycles. The van der Waals surface area contributed by atoms with E-state index in [2.05, 4.69) is 17.2 Å². The van der Waals surface area contributed by atoms with Crippen molar-refractivity contribution in [2.24, 2.45) is 0 Å². The number of unbranched alkanes of at least 4 members (excludes halogenated alkanes) is 3. The number of carbonyl (C=O) groups excluding carboxylic acids is 1. The van der Waals surface area contributed by atoms with Gasteiger partial charge in [0.15, 0.2) is 0 Å². The lowest BCUT2D eigenvalue weighted by atomic mass is 9.96. The molecule has 1 N–H and O–H groups in total. The van der Waals surface area contributed by atoms with Gasteiger partial charge in [-0.3, -0.25) is 0 Å². The summed E-state index contributed by atoms with van der Waals surface area (Å²) in [5.74, 6) is 1.05. The number of aromatic nitrogens is 3. The molecule has 1 aliphatic rings. The summed E-state index contributed by atoms with van der Waals surface area (Å²) in [4.78, 5) is 17.8. The molecule has 2 aromatic carbocycles. The molecular weight excluding hydrogens is 503 g/mol. The molecule has 0 aliphatic carbocycles. The molecule has 7 nitrogen and oxygen atoms in total. The summed E-state index contributed by atoms with van der Waals surface area (Å²) in [5.41, 5.74) is 2.59. The second kappa shape index (κ2) is 13.5. The van der Waals surface area contributed by atoms with Crippen molar-refractivity contribution in [3.63, 3.8) is 0 Å². The zero-order valence-electron chi connectivity index (χ0n) is 22.2. The zero-order chi connectivity index (χ0) is 26.9. The SMILES string of the molecule is CCCCCCOc1ccc(C2C(C(=O)OCCC)=C(C)Nc3nc(SCc4ccccc4F)nn32)cc1. The monoisotopic (exact) mass is 538 g/mol. The molecule has 0 fully saturated rings. The molecule has 0 saturated carbocycles. The second-order valence-electron chi connectivity index (χ2n) is 9.22. The first-order valence-electron chi connectivity index (χ1n) is 13.2. The highest BCUT2D eigenvalue weighted by molar-refractivity contribution is 7.98. The smallest absolute Gasteiger partial charge is 0.338 e. The molecule has 3 aromatic rings. The average molecular weight is 539 g/mol. The Hall–Kier alpha value is -3.33. The number of hydrogen-bond acceptors (Lipinski definition) is 7. The van der Waals surface area contributed by atoms with Gasteiger partial charge in [0, 0.05) is 11.4 Å². The van der Waals surface area contributed by atoms with Crippen LogP contribution >= 0.6 is 11.8 Å². The van der Waals surface area contributed by atoms with Gasteiger partial charge in [-0.2, -0.15) is 4.98 Å². The summed E-state index contributed by atoms with van der Waals surface area (Å²) < 4.78 is 27.3. The molecule has 0 saturated heterocycles. The number of hydrogen-bond donors (Lipinski definition) is 1. The number of benzene rings is 2. The van der Waals surface area contributed by atoms with Crippen molar-refractivity contribution in [2.45, 2.75) is 69.8 Å². The predicted octanol–water partition coefficient (Wildman–Crippen LogP) is 6.91. The second-order valence-corrected chi connectivity index (χ2v) is 10.2. The van der Waals surface area contributed by atoms with Crippen molar-refractivity contribution in [2.75, 3.05) is 18.5 Å². The van der Waals surface area contributed by atoms with E-state index in [1.54, 1.807) is 16.8 Å². The third-order valence-corrected chi connectivity index (χ3v) is 7.15. The fraction of sp³-hybridized carbons (Fsp3) is 0.414. The van der Waals surface area contributed by atoms with E-state index in [9.17, 15) is 9.18 Å². The quantitative estimate of drug-likeness (QED) is 0.144. The maximum absolute atomic E-state index is 14.1. The van der Waals surface area contributed by atoms with Crippen LogP contribution in [-0.2, 0) is 15.3 Å². The molecule has 202 valence electrons. The molecule has 4 rings (SSSR count). The van der Waals surface area contributed by atoms with Crippen LogP contribution < -0.4 is 10.1 Å². The Morgan fingerprint density at radius 1 is 1.05 bits per heavy atom. The molecule has 2 heterocycles. The maximum Gasteiger partial charge on any atom is 0.338 e. The standard InChI is InChI=1S/C29H35FN4O3S/c1-4-6-7-10-18-36-23-15-13-21(14-16-23)26-25(27(35)37-17-5-2)20(3)31-28-32-29(33-34(26)28)38-19-22-11-8-9-12-24(22)30/h8-9,11-16,26H,4-7,10,17-19H2,1-3H3,(H,31,32,33). The number of allylic oxidation sites excluding steroid dienone is 1. The van der Waals surface area contributed by atoms with E-state index in [1.165, 1.54) is 30.7 Å². The largest absolute Gasteiger partial charge is 0.494 e. The molecule has 0 amide bonds. The van der Waals surface area contributed by atoms with Gasteiger partial charge in [0.05, 0.1) is 18.8 Å². The van der Waals surface area contributed by atoms with Crippen LogP contribution in [-0.4, -0.2) is 33.9 Å². The Morgan fingerprint density at radius 3 is 2.58 bits per heavy atom. The lowest BCUT2D eigenvalue weighted by molar-refractivity contribution is -0.139. The van der Waals surface area contributed by atoms with Crippen LogP contribution in [0.5, 0.6) is 5.75 Å². The number of nitrogens with one attached hydrogen (secondary N) is 1. The number of nitrogens with zero attached hydrogens (tertiary/aromatic N) is 3. The first-order valence-corrected chi connectivity index (χ1v) is 14.2. The van der Waals surface area contributed by atoms with Crippen molar-refractivity contribution < 1.29 is 18.7 Å². The van der Waals surface area contributed by atoms with Crippen LogP contribution in [0.4, 0.5) is 10.3 Å². The van der Waals surface area contributed by atoms with E-state index in [-0.39, 0.29) is 11.8 Å². The number of anilines is 1. The Kier molecular flexibility index (Phi) is 9.81. The topological polar surface area (TPSA) is 78.3 Å². The summed E-state index contributed by atoms with van der Waals surface area (Å²) in [7, 11) is 0. The van der Waals surface area contributed by atoms with Crippen molar-refractivity contribution in [3.8, 4) is 5.75 Å². The highest BCUT2D eigenvalue weighted by Gasteiger charge is 2.35. The van der Waals surface area contributed by atoms with E-state index in [4.69, 9.17) is 14.6 Å². The third-order valence-electron chi connectivity index (χ3n) is 6.27. The van der Waals surface area contributed by atoms with E-state index in [1.807, 2.05) is 44.2 Å². The van der Waals surface area contributed by atoms with Gasteiger partial charge in [-0.25, -0.2) is 13.9 Å². The number of halogens is 1. The predicted molar refractivity (Wildman–Crippen MR) is 148 cm³/mol. The summed E-state index contributed by atoms with van der Waals surface area (Å²) in [6.45, 7) is 7.00. The van der Waals surface area contributed by atoms with Crippen LogP contribution in [0.25, 0.3) is 0 Å². The minimum Gasteiger partial charge on any atom is -0.494 e. The van der Waals surface area contributed by atoms with Gasteiger partial charge in [-0.15, -0.1) is 5.10 Å². The minimum atomic E-state index is -0.524. The van der Waals surface area contributed by atoms with Gasteiger partial charge in [-0.1, -0.05) is 75.2 Å². The summed E-state index contributed by atoms with van der Waals surface area (Å²) in [5, 5.41) is 8.41. The molecule has 9 heteroatoms. The summed E-state index contributed by atoms with van der Waals surface area (Å²) in [6, 6.07) is 13.9. The molecule has 0 spiro atoms. The molecule has 1 unspecified atom stereocenters. The first-order chi connectivity index (χ1) is 18.5. The molecule has 1 atom stereocenters.